The first kappa shape index (κ1) is 14.4. The first-order chi connectivity index (χ1) is 10.6. The molecule has 1 aromatic heterocycles. The smallest absolute Gasteiger partial charge is 0.353 e. The fourth-order valence-electron chi connectivity index (χ4n) is 2.49. The minimum atomic E-state index is -0.939. The van der Waals surface area contributed by atoms with Crippen molar-refractivity contribution in [2.24, 2.45) is 0 Å². The Balaban J connectivity index is 2.02. The van der Waals surface area contributed by atoms with Gasteiger partial charge in [0.1, 0.15) is 5.69 Å². The summed E-state index contributed by atoms with van der Waals surface area (Å²) in [4.78, 5) is 11.7. The molecule has 0 aliphatic rings. The van der Waals surface area contributed by atoms with Gasteiger partial charge in [-0.25, -0.2) is 4.79 Å². The molecule has 0 fully saturated rings. The van der Waals surface area contributed by atoms with Crippen LogP contribution in [0.2, 0.25) is 5.02 Å². The van der Waals surface area contributed by atoms with E-state index in [2.05, 4.69) is 0 Å². The molecule has 0 saturated heterocycles. The molecule has 0 radical (unpaired) electrons. The van der Waals surface area contributed by atoms with Crippen LogP contribution in [0.5, 0.6) is 0 Å². The summed E-state index contributed by atoms with van der Waals surface area (Å²) >= 11 is 5.89. The summed E-state index contributed by atoms with van der Waals surface area (Å²) in [5.41, 5.74) is 2.88. The lowest BCUT2D eigenvalue weighted by molar-refractivity contribution is 0.0686. The molecule has 22 heavy (non-hydrogen) atoms. The average Bonchev–Trinajstić information content (AvgIpc) is 2.93. The summed E-state index contributed by atoms with van der Waals surface area (Å²) in [6, 6.07) is 18.8. The predicted octanol–water partition coefficient (Wildman–Crippen LogP) is 4.56. The highest BCUT2D eigenvalue weighted by Crippen LogP contribution is 2.27. The summed E-state index contributed by atoms with van der Waals surface area (Å²) < 4.78 is 1.75. The van der Waals surface area contributed by atoms with Crippen molar-refractivity contribution in [3.05, 3.63) is 83.1 Å². The van der Waals surface area contributed by atoms with Gasteiger partial charge in [0.15, 0.2) is 0 Å². The zero-order valence-corrected chi connectivity index (χ0v) is 12.5. The largest absolute Gasteiger partial charge is 0.477 e. The van der Waals surface area contributed by atoms with Gasteiger partial charge in [0, 0.05) is 23.3 Å². The third-order valence-electron chi connectivity index (χ3n) is 3.52. The summed E-state index contributed by atoms with van der Waals surface area (Å²) in [5, 5.41) is 10.2. The van der Waals surface area contributed by atoms with Gasteiger partial charge in [-0.1, -0.05) is 54.1 Å². The number of rotatable bonds is 4. The Hall–Kier alpha value is -2.52. The number of hydrogen-bond acceptors (Lipinski definition) is 1. The van der Waals surface area contributed by atoms with Crippen molar-refractivity contribution in [1.29, 1.82) is 0 Å². The second kappa shape index (κ2) is 6.08. The van der Waals surface area contributed by atoms with E-state index in [-0.39, 0.29) is 5.69 Å². The summed E-state index contributed by atoms with van der Waals surface area (Å²) in [7, 11) is 0. The van der Waals surface area contributed by atoms with Crippen molar-refractivity contribution < 1.29 is 9.90 Å². The van der Waals surface area contributed by atoms with Crippen LogP contribution in [0.15, 0.2) is 66.9 Å². The molecule has 0 unspecified atom stereocenters. The highest BCUT2D eigenvalue weighted by molar-refractivity contribution is 6.30. The van der Waals surface area contributed by atoms with Crippen LogP contribution >= 0.6 is 11.6 Å². The molecule has 0 aliphatic carbocycles. The number of nitrogens with zero attached hydrogens (tertiary/aromatic N) is 1. The maximum Gasteiger partial charge on any atom is 0.353 e. The number of benzene rings is 2. The maximum absolute atomic E-state index is 11.7. The van der Waals surface area contributed by atoms with Gasteiger partial charge < -0.3 is 9.67 Å². The Bertz CT molecular complexity index is 792. The molecule has 4 heteroatoms. The third kappa shape index (κ3) is 2.90. The molecule has 0 atom stereocenters. The fraction of sp³-hybridized carbons (Fsp3) is 0.0556. The fourth-order valence-corrected chi connectivity index (χ4v) is 2.61. The van der Waals surface area contributed by atoms with Crippen molar-refractivity contribution in [3.8, 4) is 11.1 Å². The van der Waals surface area contributed by atoms with Crippen molar-refractivity contribution in [1.82, 2.24) is 4.57 Å². The molecular formula is C18H14ClNO2. The summed E-state index contributed by atoms with van der Waals surface area (Å²) in [5.74, 6) is -0.939. The van der Waals surface area contributed by atoms with Crippen molar-refractivity contribution >= 4 is 17.6 Å². The van der Waals surface area contributed by atoms with Crippen LogP contribution in [0.4, 0.5) is 0 Å². The quantitative estimate of drug-likeness (QED) is 0.767. The molecular weight excluding hydrogens is 298 g/mol. The molecule has 3 nitrogen and oxygen atoms in total. The van der Waals surface area contributed by atoms with Crippen LogP contribution in [-0.2, 0) is 6.54 Å². The molecule has 2 aromatic carbocycles. The zero-order valence-electron chi connectivity index (χ0n) is 11.7. The van der Waals surface area contributed by atoms with E-state index in [0.717, 1.165) is 11.1 Å². The second-order valence-electron chi connectivity index (χ2n) is 5.00. The van der Waals surface area contributed by atoms with Crippen LogP contribution in [0.25, 0.3) is 11.1 Å². The van der Waals surface area contributed by atoms with E-state index in [9.17, 15) is 9.90 Å². The zero-order chi connectivity index (χ0) is 15.5. The van der Waals surface area contributed by atoms with E-state index in [1.54, 1.807) is 22.9 Å². The van der Waals surface area contributed by atoms with Crippen LogP contribution < -0.4 is 0 Å². The van der Waals surface area contributed by atoms with Gasteiger partial charge in [-0.2, -0.15) is 0 Å². The number of aromatic carboxylic acids is 1. The Morgan fingerprint density at radius 2 is 1.68 bits per heavy atom. The van der Waals surface area contributed by atoms with Gasteiger partial charge in [-0.05, 0) is 29.3 Å². The lowest BCUT2D eigenvalue weighted by Gasteiger charge is -2.08. The Labute approximate surface area is 133 Å². The molecule has 3 rings (SSSR count). The minimum absolute atomic E-state index is 0.283. The molecule has 3 aromatic rings. The number of halogens is 1. The highest BCUT2D eigenvalue weighted by atomic mass is 35.5. The van der Waals surface area contributed by atoms with Crippen molar-refractivity contribution in [3.63, 3.8) is 0 Å². The highest BCUT2D eigenvalue weighted by Gasteiger charge is 2.17. The monoisotopic (exact) mass is 311 g/mol. The Morgan fingerprint density at radius 3 is 2.32 bits per heavy atom. The van der Waals surface area contributed by atoms with Gasteiger partial charge >= 0.3 is 5.97 Å². The normalized spacial score (nSPS) is 10.6. The van der Waals surface area contributed by atoms with Gasteiger partial charge in [0.2, 0.25) is 0 Å². The molecule has 1 N–H and O–H groups in total. The van der Waals surface area contributed by atoms with E-state index < -0.39 is 5.97 Å². The average molecular weight is 312 g/mol. The van der Waals surface area contributed by atoms with Crippen LogP contribution in [-0.4, -0.2) is 15.6 Å². The lowest BCUT2D eigenvalue weighted by Crippen LogP contribution is -2.09. The summed E-state index contributed by atoms with van der Waals surface area (Å²) in [6.07, 6.45) is 1.81. The maximum atomic E-state index is 11.7. The van der Waals surface area contributed by atoms with E-state index in [1.165, 1.54) is 0 Å². The minimum Gasteiger partial charge on any atom is -0.477 e. The molecule has 110 valence electrons. The molecule has 1 heterocycles. The van der Waals surface area contributed by atoms with Gasteiger partial charge in [0.05, 0.1) is 0 Å². The SMILES string of the molecule is O=C(O)c1c(-c2ccc(Cl)cc2)ccn1Cc1ccccc1. The first-order valence-electron chi connectivity index (χ1n) is 6.87. The van der Waals surface area contributed by atoms with Gasteiger partial charge in [-0.15, -0.1) is 0 Å². The van der Waals surface area contributed by atoms with Crippen molar-refractivity contribution in [2.75, 3.05) is 0 Å². The predicted molar refractivity (Wildman–Crippen MR) is 87.4 cm³/mol. The van der Waals surface area contributed by atoms with Crippen LogP contribution in [0, 0.1) is 0 Å². The van der Waals surface area contributed by atoms with Gasteiger partial charge in [0.25, 0.3) is 0 Å². The molecule has 0 aliphatic heterocycles. The molecule has 0 amide bonds. The number of carboxylic acid groups (broad SMARTS) is 1. The number of carbonyl (C=O) groups is 1. The molecule has 0 spiro atoms. The number of carboxylic acids is 1. The summed E-state index contributed by atoms with van der Waals surface area (Å²) in [6.45, 7) is 0.524. The first-order valence-corrected chi connectivity index (χ1v) is 7.25. The topological polar surface area (TPSA) is 42.2 Å². The van der Waals surface area contributed by atoms with E-state index in [4.69, 9.17) is 11.6 Å². The standard InChI is InChI=1S/C18H14ClNO2/c19-15-8-6-14(7-9-15)16-10-11-20(17(16)18(21)22)12-13-4-2-1-3-5-13/h1-11H,12H2,(H,21,22). The number of hydrogen-bond donors (Lipinski definition) is 1. The van der Waals surface area contributed by atoms with Crippen LogP contribution in [0.3, 0.4) is 0 Å². The molecule has 0 bridgehead atoms. The van der Waals surface area contributed by atoms with E-state index >= 15 is 0 Å². The molecule has 0 saturated carbocycles. The second-order valence-corrected chi connectivity index (χ2v) is 5.44. The van der Waals surface area contributed by atoms with Gasteiger partial charge in [-0.3, -0.25) is 0 Å². The Kier molecular flexibility index (Phi) is 3.98. The van der Waals surface area contributed by atoms with E-state index in [0.29, 0.717) is 17.1 Å². The number of aromatic nitrogens is 1. The van der Waals surface area contributed by atoms with Crippen molar-refractivity contribution in [2.45, 2.75) is 6.54 Å². The lowest BCUT2D eigenvalue weighted by atomic mass is 10.1. The Morgan fingerprint density at radius 1 is 1.00 bits per heavy atom. The van der Waals surface area contributed by atoms with Crippen LogP contribution in [0.1, 0.15) is 16.1 Å². The third-order valence-corrected chi connectivity index (χ3v) is 3.77. The van der Waals surface area contributed by atoms with E-state index in [1.807, 2.05) is 48.5 Å².